The van der Waals surface area contributed by atoms with Gasteiger partial charge in [-0.1, -0.05) is 18.2 Å². The number of thiazole rings is 1. The minimum atomic E-state index is -0.110. The van der Waals surface area contributed by atoms with Crippen LogP contribution in [-0.2, 0) is 0 Å². The van der Waals surface area contributed by atoms with Crippen molar-refractivity contribution < 1.29 is 9.59 Å². The minimum Gasteiger partial charge on any atom is -0.351 e. The number of nitrogens with zero attached hydrogens (tertiary/aromatic N) is 3. The first-order valence-electron chi connectivity index (χ1n) is 10.2. The highest BCUT2D eigenvalue weighted by atomic mass is 32.1. The lowest BCUT2D eigenvalue weighted by Crippen LogP contribution is -2.44. The molecular formula is C22H23N5O2S. The van der Waals surface area contributed by atoms with E-state index < -0.39 is 0 Å². The number of imidazole rings is 1. The Balaban J connectivity index is 1.24. The predicted molar refractivity (Wildman–Crippen MR) is 117 cm³/mol. The molecule has 1 aliphatic heterocycles. The van der Waals surface area contributed by atoms with Crippen molar-refractivity contribution in [3.05, 3.63) is 59.0 Å². The number of aryl methyl sites for hydroxylation is 1. The van der Waals surface area contributed by atoms with E-state index in [9.17, 15) is 9.59 Å². The van der Waals surface area contributed by atoms with Crippen molar-refractivity contribution in [3.63, 3.8) is 0 Å². The van der Waals surface area contributed by atoms with Crippen molar-refractivity contribution in [3.8, 4) is 0 Å². The fraction of sp³-hybridized carbons (Fsp3) is 0.318. The van der Waals surface area contributed by atoms with Gasteiger partial charge in [0.2, 0.25) is 0 Å². The molecular weight excluding hydrogens is 398 g/mol. The summed E-state index contributed by atoms with van der Waals surface area (Å²) in [6.45, 7) is 3.82. The molecule has 1 aliphatic rings. The standard InChI is InChI=1S/C22H23N5O2S/c1-14-19(27-9-10-30-22(27)24-14)21(29)26-8-4-5-15(13-26)12-23-20(28)18-11-16-6-2-3-7-17(16)25-18/h2-3,6-7,9-11,15,25H,4-5,8,12-13H2,1H3,(H,23,28)/t15-/m1/s1. The van der Waals surface area contributed by atoms with Gasteiger partial charge in [-0.25, -0.2) is 4.98 Å². The SMILES string of the molecule is Cc1nc2sccn2c1C(=O)N1CCC[C@H](CNC(=O)c2cc3ccccc3[nH]2)C1. The van der Waals surface area contributed by atoms with Gasteiger partial charge in [-0.2, -0.15) is 0 Å². The van der Waals surface area contributed by atoms with Gasteiger partial charge in [0.05, 0.1) is 5.69 Å². The highest BCUT2D eigenvalue weighted by Crippen LogP contribution is 2.22. The van der Waals surface area contributed by atoms with Crippen LogP contribution >= 0.6 is 11.3 Å². The van der Waals surface area contributed by atoms with Gasteiger partial charge in [-0.3, -0.25) is 14.0 Å². The molecule has 0 unspecified atom stereocenters. The molecule has 154 valence electrons. The van der Waals surface area contributed by atoms with E-state index in [2.05, 4.69) is 15.3 Å². The molecule has 4 heterocycles. The van der Waals surface area contributed by atoms with Crippen LogP contribution < -0.4 is 5.32 Å². The number of rotatable bonds is 4. The van der Waals surface area contributed by atoms with Crippen molar-refractivity contribution in [2.75, 3.05) is 19.6 Å². The molecule has 5 rings (SSSR count). The Morgan fingerprint density at radius 2 is 2.20 bits per heavy atom. The number of benzene rings is 1. The maximum atomic E-state index is 13.2. The Labute approximate surface area is 177 Å². The lowest BCUT2D eigenvalue weighted by atomic mass is 9.97. The summed E-state index contributed by atoms with van der Waals surface area (Å²) in [7, 11) is 0. The number of hydrogen-bond donors (Lipinski definition) is 2. The number of aromatic amines is 1. The van der Waals surface area contributed by atoms with E-state index in [1.807, 2.05) is 58.1 Å². The van der Waals surface area contributed by atoms with Gasteiger partial charge in [0.25, 0.3) is 11.8 Å². The van der Waals surface area contributed by atoms with Crippen molar-refractivity contribution >= 4 is 39.0 Å². The number of H-pyrrole nitrogens is 1. The number of piperidine rings is 1. The van der Waals surface area contributed by atoms with E-state index in [1.165, 1.54) is 11.3 Å². The molecule has 1 aromatic carbocycles. The molecule has 0 radical (unpaired) electrons. The third-order valence-corrected chi connectivity index (χ3v) is 6.53. The van der Waals surface area contributed by atoms with Gasteiger partial charge in [-0.15, -0.1) is 11.3 Å². The van der Waals surface area contributed by atoms with Crippen molar-refractivity contribution in [2.45, 2.75) is 19.8 Å². The molecule has 2 amide bonds. The molecule has 0 saturated carbocycles. The van der Waals surface area contributed by atoms with Gasteiger partial charge >= 0.3 is 0 Å². The second-order valence-electron chi connectivity index (χ2n) is 7.84. The van der Waals surface area contributed by atoms with Gasteiger partial charge in [0, 0.05) is 42.1 Å². The molecule has 0 spiro atoms. The second kappa shape index (κ2) is 7.60. The maximum Gasteiger partial charge on any atom is 0.272 e. The number of carbonyl (C=O) groups is 2. The topological polar surface area (TPSA) is 82.5 Å². The van der Waals surface area contributed by atoms with Crippen LogP contribution in [0.25, 0.3) is 15.9 Å². The molecule has 4 aromatic rings. The molecule has 30 heavy (non-hydrogen) atoms. The van der Waals surface area contributed by atoms with Crippen LogP contribution in [0.5, 0.6) is 0 Å². The quantitative estimate of drug-likeness (QED) is 0.529. The summed E-state index contributed by atoms with van der Waals surface area (Å²) < 4.78 is 1.88. The minimum absolute atomic E-state index is 0.0186. The van der Waals surface area contributed by atoms with E-state index >= 15 is 0 Å². The Morgan fingerprint density at radius 1 is 1.33 bits per heavy atom. The zero-order valence-corrected chi connectivity index (χ0v) is 17.5. The highest BCUT2D eigenvalue weighted by Gasteiger charge is 2.28. The normalized spacial score (nSPS) is 17.0. The first-order chi connectivity index (χ1) is 14.6. The van der Waals surface area contributed by atoms with Gasteiger partial charge in [-0.05, 0) is 37.8 Å². The maximum absolute atomic E-state index is 13.2. The number of likely N-dealkylation sites (tertiary alicyclic amines) is 1. The zero-order chi connectivity index (χ0) is 20.7. The Kier molecular flexibility index (Phi) is 4.78. The summed E-state index contributed by atoms with van der Waals surface area (Å²) in [5.74, 6) is 0.147. The fourth-order valence-corrected chi connectivity index (χ4v) is 5.01. The Morgan fingerprint density at radius 3 is 3.07 bits per heavy atom. The monoisotopic (exact) mass is 421 g/mol. The van der Waals surface area contributed by atoms with E-state index in [0.29, 0.717) is 24.5 Å². The average Bonchev–Trinajstić information content (AvgIpc) is 3.45. The third kappa shape index (κ3) is 3.37. The van der Waals surface area contributed by atoms with Gasteiger partial charge < -0.3 is 15.2 Å². The van der Waals surface area contributed by atoms with E-state index in [0.717, 1.165) is 40.9 Å². The summed E-state index contributed by atoms with van der Waals surface area (Å²) in [5.41, 5.74) is 2.93. The van der Waals surface area contributed by atoms with Crippen LogP contribution in [0.15, 0.2) is 41.9 Å². The number of aromatic nitrogens is 3. The molecule has 0 aliphatic carbocycles. The summed E-state index contributed by atoms with van der Waals surface area (Å²) in [6, 6.07) is 9.71. The molecule has 1 saturated heterocycles. The fourth-order valence-electron chi connectivity index (χ4n) is 4.25. The highest BCUT2D eigenvalue weighted by molar-refractivity contribution is 7.15. The number of nitrogens with one attached hydrogen (secondary N) is 2. The van der Waals surface area contributed by atoms with Crippen LogP contribution in [-0.4, -0.2) is 50.7 Å². The van der Waals surface area contributed by atoms with Crippen molar-refractivity contribution in [1.82, 2.24) is 24.6 Å². The number of fused-ring (bicyclic) bond motifs is 2. The molecule has 7 nitrogen and oxygen atoms in total. The van der Waals surface area contributed by atoms with Crippen LogP contribution in [0, 0.1) is 12.8 Å². The summed E-state index contributed by atoms with van der Waals surface area (Å²) in [6.07, 6.45) is 3.83. The van der Waals surface area contributed by atoms with Crippen LogP contribution in [0.1, 0.15) is 39.5 Å². The number of hydrogen-bond acceptors (Lipinski definition) is 4. The molecule has 8 heteroatoms. The Bertz CT molecular complexity index is 1200. The van der Waals surface area contributed by atoms with Gasteiger partial charge in [0.15, 0.2) is 4.96 Å². The van der Waals surface area contributed by atoms with Crippen LogP contribution in [0.3, 0.4) is 0 Å². The lowest BCUT2D eigenvalue weighted by Gasteiger charge is -2.32. The molecule has 1 fully saturated rings. The lowest BCUT2D eigenvalue weighted by molar-refractivity contribution is 0.0663. The first-order valence-corrected chi connectivity index (χ1v) is 11.1. The summed E-state index contributed by atoms with van der Waals surface area (Å²) in [5, 5.41) is 6.00. The summed E-state index contributed by atoms with van der Waals surface area (Å²) in [4.78, 5) is 36.2. The molecule has 0 bridgehead atoms. The smallest absolute Gasteiger partial charge is 0.272 e. The number of carbonyl (C=O) groups excluding carboxylic acids is 2. The zero-order valence-electron chi connectivity index (χ0n) is 16.7. The number of amides is 2. The summed E-state index contributed by atoms with van der Waals surface area (Å²) >= 11 is 1.53. The van der Waals surface area contributed by atoms with Crippen molar-refractivity contribution in [2.24, 2.45) is 5.92 Å². The molecule has 1 atom stereocenters. The number of para-hydroxylation sites is 1. The predicted octanol–water partition coefficient (Wildman–Crippen LogP) is 3.47. The van der Waals surface area contributed by atoms with E-state index in [1.54, 1.807) is 0 Å². The molecule has 2 N–H and O–H groups in total. The third-order valence-electron chi connectivity index (χ3n) is 5.77. The second-order valence-corrected chi connectivity index (χ2v) is 8.71. The Hall–Kier alpha value is -3.13. The average molecular weight is 422 g/mol. The first kappa shape index (κ1) is 18.9. The van der Waals surface area contributed by atoms with Crippen molar-refractivity contribution in [1.29, 1.82) is 0 Å². The van der Waals surface area contributed by atoms with Crippen LogP contribution in [0.4, 0.5) is 0 Å². The van der Waals surface area contributed by atoms with Crippen LogP contribution in [0.2, 0.25) is 0 Å². The van der Waals surface area contributed by atoms with E-state index in [-0.39, 0.29) is 17.7 Å². The van der Waals surface area contributed by atoms with Gasteiger partial charge in [0.1, 0.15) is 11.4 Å². The largest absolute Gasteiger partial charge is 0.351 e. The van der Waals surface area contributed by atoms with E-state index in [4.69, 9.17) is 0 Å². The molecule has 3 aromatic heterocycles.